The average Bonchev–Trinajstić information content (AvgIpc) is 3.51. The first kappa shape index (κ1) is 31.8. The first-order valence-electron chi connectivity index (χ1n) is 16.3. The smallest absolute Gasteiger partial charge is 0.193 e. The first-order chi connectivity index (χ1) is 21.9. The quantitative estimate of drug-likeness (QED) is 0.319. The van der Waals surface area contributed by atoms with Crippen LogP contribution in [0.1, 0.15) is 65.2 Å². The Hall–Kier alpha value is -2.82. The van der Waals surface area contributed by atoms with Crippen molar-refractivity contribution in [3.05, 3.63) is 77.9 Å². The standard InChI is InChI=1S/C37H42FNO6S/c1-21(2)39-24-6-5-7-27(17-24)46-26-11-8-22(9-12-26)33-44-32-18-29-28-13-10-23-16-25(41)14-15-34(23,3)36(28,38)30(42)19-35(29,4)37(32,45-33)31(43)20-40/h5-9,11-12,14-17,21,28-30,32-33,39-40,42H,10,13,18-20H2,1-4H3/t28-,29-,30-,32+,33+,34-,35-,36-,37+/m0/s1. The van der Waals surface area contributed by atoms with Gasteiger partial charge in [-0.1, -0.05) is 48.5 Å². The highest BCUT2D eigenvalue weighted by atomic mass is 32.2. The number of carbonyl (C=O) groups excluding carboxylic acids is 2. The number of halogens is 1. The van der Waals surface area contributed by atoms with Crippen molar-refractivity contribution in [3.8, 4) is 0 Å². The molecule has 46 heavy (non-hydrogen) atoms. The van der Waals surface area contributed by atoms with Crippen molar-refractivity contribution >= 4 is 29.0 Å². The van der Waals surface area contributed by atoms with Gasteiger partial charge < -0.3 is 25.0 Å². The fourth-order valence-corrected chi connectivity index (χ4v) is 10.4. The van der Waals surface area contributed by atoms with Gasteiger partial charge in [-0.3, -0.25) is 9.59 Å². The summed E-state index contributed by atoms with van der Waals surface area (Å²) < 4.78 is 30.8. The largest absolute Gasteiger partial charge is 0.390 e. The van der Waals surface area contributed by atoms with Crippen LogP contribution in [0, 0.1) is 22.7 Å². The Kier molecular flexibility index (Phi) is 7.68. The van der Waals surface area contributed by atoms with Crippen molar-refractivity contribution in [3.63, 3.8) is 0 Å². The molecule has 244 valence electrons. The molecule has 3 saturated carbocycles. The van der Waals surface area contributed by atoms with Crippen molar-refractivity contribution < 1.29 is 33.7 Å². The third kappa shape index (κ3) is 4.45. The molecule has 1 saturated heterocycles. The maximum atomic E-state index is 17.6. The van der Waals surface area contributed by atoms with Crippen LogP contribution in [0.25, 0.3) is 0 Å². The molecule has 0 aromatic heterocycles. The number of benzene rings is 2. The Labute approximate surface area is 273 Å². The SMILES string of the molecule is CC(C)Nc1cccc(Sc2ccc([C@@H]3O[C@@H]4C[C@H]5[C@@H]6CCC7=CC(=O)C=C[C@]7(C)[C@@]6(F)[C@@H](O)C[C@]5(C)[C@]4(C(=O)CO)O3)cc2)c1. The average molecular weight is 648 g/mol. The summed E-state index contributed by atoms with van der Waals surface area (Å²) >= 11 is 1.64. The van der Waals surface area contributed by atoms with Gasteiger partial charge in [-0.05, 0) is 94.9 Å². The van der Waals surface area contributed by atoms with Gasteiger partial charge in [0, 0.05) is 43.8 Å². The Morgan fingerprint density at radius 1 is 1.13 bits per heavy atom. The number of aliphatic hydroxyl groups is 2. The molecule has 0 radical (unpaired) electrons. The van der Waals surface area contributed by atoms with Gasteiger partial charge in [0.25, 0.3) is 0 Å². The van der Waals surface area contributed by atoms with E-state index in [0.717, 1.165) is 21.0 Å². The van der Waals surface area contributed by atoms with Gasteiger partial charge in [0.15, 0.2) is 29.1 Å². The van der Waals surface area contributed by atoms with Crippen molar-refractivity contribution in [1.29, 1.82) is 0 Å². The van der Waals surface area contributed by atoms with Gasteiger partial charge >= 0.3 is 0 Å². The van der Waals surface area contributed by atoms with Gasteiger partial charge in [0.2, 0.25) is 0 Å². The predicted molar refractivity (Wildman–Crippen MR) is 173 cm³/mol. The van der Waals surface area contributed by atoms with E-state index in [-0.39, 0.29) is 18.1 Å². The van der Waals surface area contributed by atoms with Crippen molar-refractivity contribution in [2.45, 2.75) is 99.0 Å². The minimum absolute atomic E-state index is 0.0338. The number of aliphatic hydroxyl groups excluding tert-OH is 2. The topological polar surface area (TPSA) is 105 Å². The molecule has 0 amide bonds. The molecular weight excluding hydrogens is 605 g/mol. The lowest BCUT2D eigenvalue weighted by atomic mass is 9.44. The fourth-order valence-electron chi connectivity index (χ4n) is 9.53. The number of hydrogen-bond acceptors (Lipinski definition) is 8. The number of fused-ring (bicyclic) bond motifs is 7. The van der Waals surface area contributed by atoms with Crippen LogP contribution >= 0.6 is 11.8 Å². The number of alkyl halides is 1. The number of rotatable bonds is 7. The molecular formula is C37H42FNO6S. The third-order valence-electron chi connectivity index (χ3n) is 11.6. The highest BCUT2D eigenvalue weighted by molar-refractivity contribution is 7.99. The van der Waals surface area contributed by atoms with Crippen LogP contribution in [0.4, 0.5) is 10.1 Å². The van der Waals surface area contributed by atoms with E-state index >= 15 is 4.39 Å². The molecule has 2 aromatic carbocycles. The summed E-state index contributed by atoms with van der Waals surface area (Å²) in [6, 6.07) is 16.4. The predicted octanol–water partition coefficient (Wildman–Crippen LogP) is 6.35. The van der Waals surface area contributed by atoms with Crippen LogP contribution in [0.15, 0.2) is 82.1 Å². The zero-order valence-electron chi connectivity index (χ0n) is 26.7. The Morgan fingerprint density at radius 2 is 1.89 bits per heavy atom. The molecule has 3 N–H and O–H groups in total. The second-order valence-corrected chi connectivity index (χ2v) is 15.5. The van der Waals surface area contributed by atoms with Crippen molar-refractivity contribution in [2.24, 2.45) is 22.7 Å². The van der Waals surface area contributed by atoms with E-state index in [4.69, 9.17) is 9.47 Å². The molecule has 1 aliphatic heterocycles. The summed E-state index contributed by atoms with van der Waals surface area (Å²) in [6.07, 6.45) is 2.86. The molecule has 1 heterocycles. The molecule has 4 aliphatic carbocycles. The minimum Gasteiger partial charge on any atom is -0.390 e. The number of carbonyl (C=O) groups is 2. The van der Waals surface area contributed by atoms with Crippen LogP contribution < -0.4 is 5.32 Å². The number of allylic oxidation sites excluding steroid dienone is 4. The van der Waals surface area contributed by atoms with E-state index in [1.54, 1.807) is 24.8 Å². The molecule has 0 spiro atoms. The lowest BCUT2D eigenvalue weighted by Gasteiger charge is -2.62. The third-order valence-corrected chi connectivity index (χ3v) is 12.6. The lowest BCUT2D eigenvalue weighted by Crippen LogP contribution is -2.69. The Morgan fingerprint density at radius 3 is 2.61 bits per heavy atom. The summed E-state index contributed by atoms with van der Waals surface area (Å²) in [5.74, 6) is -1.60. The monoisotopic (exact) mass is 647 g/mol. The van der Waals surface area contributed by atoms with Crippen molar-refractivity contribution in [1.82, 2.24) is 0 Å². The number of nitrogens with one attached hydrogen (secondary N) is 1. The van der Waals surface area contributed by atoms with E-state index < -0.39 is 58.9 Å². The minimum atomic E-state index is -2.03. The van der Waals surface area contributed by atoms with Crippen LogP contribution in [0.3, 0.4) is 0 Å². The second kappa shape index (κ2) is 11.1. The van der Waals surface area contributed by atoms with E-state index in [0.29, 0.717) is 30.9 Å². The summed E-state index contributed by atoms with van der Waals surface area (Å²) in [7, 11) is 0. The molecule has 9 heteroatoms. The van der Waals surface area contributed by atoms with Gasteiger partial charge in [-0.25, -0.2) is 4.39 Å². The molecule has 0 bridgehead atoms. The van der Waals surface area contributed by atoms with Gasteiger partial charge in [0.05, 0.1) is 12.2 Å². The highest BCUT2D eigenvalue weighted by Gasteiger charge is 2.79. The molecule has 5 aliphatic rings. The summed E-state index contributed by atoms with van der Waals surface area (Å²) in [5.41, 5.74) is -3.18. The van der Waals surface area contributed by atoms with E-state index in [1.165, 1.54) is 12.2 Å². The molecule has 4 fully saturated rings. The van der Waals surface area contributed by atoms with Crippen LogP contribution in [0.2, 0.25) is 0 Å². The maximum absolute atomic E-state index is 17.6. The number of hydrogen-bond donors (Lipinski definition) is 3. The van der Waals surface area contributed by atoms with Gasteiger partial charge in [0.1, 0.15) is 6.61 Å². The van der Waals surface area contributed by atoms with Crippen molar-refractivity contribution in [2.75, 3.05) is 11.9 Å². The number of anilines is 1. The molecule has 7 nitrogen and oxygen atoms in total. The normalized spacial score (nSPS) is 39.3. The fraction of sp³-hybridized carbons (Fsp3) is 0.514. The van der Waals surface area contributed by atoms with E-state index in [9.17, 15) is 19.8 Å². The highest BCUT2D eigenvalue weighted by Crippen LogP contribution is 2.72. The summed E-state index contributed by atoms with van der Waals surface area (Å²) in [4.78, 5) is 28.1. The Balaban J connectivity index is 1.16. The zero-order chi connectivity index (χ0) is 32.6. The summed E-state index contributed by atoms with van der Waals surface area (Å²) in [5, 5.41) is 25.4. The van der Waals surface area contributed by atoms with Crippen LogP contribution in [0.5, 0.6) is 0 Å². The van der Waals surface area contributed by atoms with Crippen LogP contribution in [-0.2, 0) is 19.1 Å². The van der Waals surface area contributed by atoms with Crippen LogP contribution in [-0.4, -0.2) is 57.9 Å². The summed E-state index contributed by atoms with van der Waals surface area (Å²) in [6.45, 7) is 7.13. The number of ether oxygens (including phenoxy) is 2. The van der Waals surface area contributed by atoms with Gasteiger partial charge in [-0.2, -0.15) is 0 Å². The molecule has 9 atom stereocenters. The van der Waals surface area contributed by atoms with Gasteiger partial charge in [-0.15, -0.1) is 0 Å². The second-order valence-electron chi connectivity index (χ2n) is 14.4. The van der Waals surface area contributed by atoms with E-state index in [1.807, 2.05) is 43.3 Å². The van der Waals surface area contributed by atoms with E-state index in [2.05, 4.69) is 31.3 Å². The lowest BCUT2D eigenvalue weighted by molar-refractivity contribution is -0.231. The number of ketones is 2. The number of Topliss-reactive ketones (excluding diaryl/α,β-unsaturated/α-hetero) is 1. The molecule has 0 unspecified atom stereocenters. The first-order valence-corrected chi connectivity index (χ1v) is 17.1. The Bertz CT molecular complexity index is 1630. The maximum Gasteiger partial charge on any atom is 0.193 e. The molecule has 2 aromatic rings. The zero-order valence-corrected chi connectivity index (χ0v) is 27.5. The molecule has 7 rings (SSSR count).